The highest BCUT2D eigenvalue weighted by molar-refractivity contribution is 6.31. The van der Waals surface area contributed by atoms with Gasteiger partial charge in [-0.25, -0.2) is 9.29 Å². The lowest BCUT2D eigenvalue weighted by Crippen LogP contribution is -2.48. The fourth-order valence-electron chi connectivity index (χ4n) is 7.13. The number of para-hydroxylation sites is 1. The van der Waals surface area contributed by atoms with Crippen molar-refractivity contribution in [2.24, 2.45) is 29.1 Å². The quantitative estimate of drug-likeness (QED) is 0.338. The fraction of sp³-hybridized carbons (Fsp3) is 0.357. The summed E-state index contributed by atoms with van der Waals surface area (Å²) in [6.45, 7) is 3.40. The summed E-state index contributed by atoms with van der Waals surface area (Å²) >= 11 is 5.98. The third-order valence-corrected chi connectivity index (χ3v) is 9.28. The van der Waals surface area contributed by atoms with Crippen molar-refractivity contribution in [2.45, 2.75) is 32.6 Å². The molecule has 3 fully saturated rings. The normalized spacial score (nSPS) is 32.3. The Morgan fingerprint density at radius 3 is 2.50 bits per heavy atom. The van der Waals surface area contributed by atoms with Crippen molar-refractivity contribution in [3.63, 3.8) is 0 Å². The van der Waals surface area contributed by atoms with Crippen LogP contribution in [0.2, 0.25) is 5.02 Å². The van der Waals surface area contributed by atoms with Crippen LogP contribution in [0.15, 0.2) is 48.0 Å². The smallest absolute Gasteiger partial charge is 0.257 e. The molecule has 2 aliphatic carbocycles. The van der Waals surface area contributed by atoms with Gasteiger partial charge in [-0.15, -0.1) is 0 Å². The van der Waals surface area contributed by atoms with Crippen LogP contribution in [-0.4, -0.2) is 39.0 Å². The average molecular weight is 539 g/mol. The number of phenolic OH excluding ortho intramolecular Hbond substituents is 1. The van der Waals surface area contributed by atoms with E-state index in [2.05, 4.69) is 0 Å². The maximum Gasteiger partial charge on any atom is 0.257 e. The molecular formula is C28H24ClFN2O6. The molecule has 38 heavy (non-hydrogen) atoms. The molecule has 2 heterocycles. The topological polar surface area (TPSA) is 115 Å². The zero-order chi connectivity index (χ0) is 27.3. The van der Waals surface area contributed by atoms with Crippen molar-refractivity contribution in [2.75, 3.05) is 4.90 Å². The maximum absolute atomic E-state index is 14.2. The number of aryl methyl sites for hydroxylation is 1. The zero-order valence-electron chi connectivity index (χ0n) is 20.5. The first kappa shape index (κ1) is 24.8. The van der Waals surface area contributed by atoms with Crippen molar-refractivity contribution < 1.29 is 33.9 Å². The Morgan fingerprint density at radius 2 is 1.79 bits per heavy atom. The van der Waals surface area contributed by atoms with Crippen LogP contribution in [0, 0.1) is 41.8 Å². The van der Waals surface area contributed by atoms with Crippen LogP contribution in [0.25, 0.3) is 0 Å². The van der Waals surface area contributed by atoms with E-state index >= 15 is 0 Å². The van der Waals surface area contributed by atoms with Crippen molar-refractivity contribution in [1.29, 1.82) is 0 Å². The first-order valence-electron chi connectivity index (χ1n) is 12.4. The summed E-state index contributed by atoms with van der Waals surface area (Å²) in [5.41, 5.74) is 0.458. The summed E-state index contributed by atoms with van der Waals surface area (Å²) in [7, 11) is 0. The highest BCUT2D eigenvalue weighted by atomic mass is 35.5. The average Bonchev–Trinajstić information content (AvgIpc) is 3.23. The van der Waals surface area contributed by atoms with E-state index < -0.39 is 64.5 Å². The molecule has 4 aliphatic rings. The molecule has 1 saturated carbocycles. The van der Waals surface area contributed by atoms with Gasteiger partial charge in [-0.1, -0.05) is 41.4 Å². The van der Waals surface area contributed by atoms with Gasteiger partial charge in [0.1, 0.15) is 11.6 Å². The Labute approximate surface area is 222 Å². The van der Waals surface area contributed by atoms with E-state index in [-0.39, 0.29) is 34.4 Å². The molecule has 2 aromatic carbocycles. The van der Waals surface area contributed by atoms with Gasteiger partial charge in [-0.05, 0) is 56.4 Å². The lowest BCUT2D eigenvalue weighted by atomic mass is 9.51. The van der Waals surface area contributed by atoms with Gasteiger partial charge < -0.3 is 5.11 Å². The highest BCUT2D eigenvalue weighted by Gasteiger charge is 2.68. The summed E-state index contributed by atoms with van der Waals surface area (Å²) in [4.78, 5) is 54.7. The van der Waals surface area contributed by atoms with E-state index in [1.165, 1.54) is 12.1 Å². The van der Waals surface area contributed by atoms with E-state index in [1.54, 1.807) is 32.0 Å². The number of imide groups is 2. The van der Waals surface area contributed by atoms with Gasteiger partial charge in [-0.2, -0.15) is 5.06 Å². The Bertz CT molecular complexity index is 1490. The number of hydrogen-bond acceptors (Lipinski definition) is 6. The van der Waals surface area contributed by atoms with Crippen molar-refractivity contribution >= 4 is 40.9 Å². The van der Waals surface area contributed by atoms with Gasteiger partial charge in [0.2, 0.25) is 11.8 Å². The third kappa shape index (κ3) is 3.06. The standard InChI is InChI=1S/C28H24ClFN2O6/c1-12-4-3-5-16(23(12)33)22-14-7-8-15-21(26(36)32(38)24(15)34)17(14)11-18-25(35)31(27(37)28(18,22)2)13-6-9-20(30)19(29)10-13/h3-7,9-10,15,17-18,21-22,33,38H,8,11H2,1-2H3/t15-,17+,18-,21-,22+,28+/m0/s1. The minimum atomic E-state index is -1.36. The maximum atomic E-state index is 14.2. The van der Waals surface area contributed by atoms with Crippen molar-refractivity contribution in [1.82, 2.24) is 5.06 Å². The molecule has 4 amide bonds. The lowest BCUT2D eigenvalue weighted by molar-refractivity contribution is -0.173. The van der Waals surface area contributed by atoms with Crippen LogP contribution in [-0.2, 0) is 19.2 Å². The SMILES string of the molecule is Cc1cccc([C@H]2C3=CC[C@@H]4C(=O)N(O)C(=O)[C@@H]4[C@@H]3C[C@H]3C(=O)N(c4ccc(F)c(Cl)c4)C(=O)[C@@]23C)c1O. The summed E-state index contributed by atoms with van der Waals surface area (Å²) in [6, 6.07) is 8.77. The number of rotatable bonds is 2. The van der Waals surface area contributed by atoms with Crippen LogP contribution in [0.1, 0.15) is 36.8 Å². The number of aromatic hydroxyl groups is 1. The molecule has 0 unspecified atom stereocenters. The zero-order valence-corrected chi connectivity index (χ0v) is 21.3. The second kappa shape index (κ2) is 8.22. The molecule has 8 nitrogen and oxygen atoms in total. The van der Waals surface area contributed by atoms with E-state index in [0.717, 1.165) is 11.0 Å². The summed E-state index contributed by atoms with van der Waals surface area (Å²) in [6.07, 6.45) is 2.09. The van der Waals surface area contributed by atoms with Crippen LogP contribution in [0.5, 0.6) is 5.75 Å². The number of carbonyl (C=O) groups excluding carboxylic acids is 4. The molecule has 10 heteroatoms. The van der Waals surface area contributed by atoms with Crippen LogP contribution >= 0.6 is 11.6 Å². The fourth-order valence-corrected chi connectivity index (χ4v) is 7.30. The monoisotopic (exact) mass is 538 g/mol. The minimum Gasteiger partial charge on any atom is -0.507 e. The van der Waals surface area contributed by atoms with Gasteiger partial charge in [0.15, 0.2) is 0 Å². The number of benzene rings is 2. The highest BCUT2D eigenvalue weighted by Crippen LogP contribution is 2.64. The number of amides is 4. The summed E-state index contributed by atoms with van der Waals surface area (Å²) in [5.74, 6) is -7.17. The molecule has 6 atom stereocenters. The van der Waals surface area contributed by atoms with Gasteiger partial charge in [0, 0.05) is 11.5 Å². The number of hydroxylamine groups is 2. The van der Waals surface area contributed by atoms with Gasteiger partial charge in [0.25, 0.3) is 11.8 Å². The van der Waals surface area contributed by atoms with Crippen LogP contribution < -0.4 is 4.90 Å². The van der Waals surface area contributed by atoms with Gasteiger partial charge in [-0.3, -0.25) is 24.4 Å². The van der Waals surface area contributed by atoms with Crippen molar-refractivity contribution in [3.05, 3.63) is 70.0 Å². The van der Waals surface area contributed by atoms with Gasteiger partial charge in [0.05, 0.1) is 33.9 Å². The predicted octanol–water partition coefficient (Wildman–Crippen LogP) is 4.11. The predicted molar refractivity (Wildman–Crippen MR) is 133 cm³/mol. The molecule has 2 N–H and O–H groups in total. The summed E-state index contributed by atoms with van der Waals surface area (Å²) in [5, 5.41) is 21.2. The lowest BCUT2D eigenvalue weighted by Gasteiger charge is -2.49. The Morgan fingerprint density at radius 1 is 1.05 bits per heavy atom. The number of allylic oxidation sites excluding steroid dienone is 2. The Hall–Kier alpha value is -3.56. The third-order valence-electron chi connectivity index (χ3n) is 8.99. The van der Waals surface area contributed by atoms with E-state index in [9.17, 15) is 33.9 Å². The molecule has 0 bridgehead atoms. The Kier molecular flexibility index (Phi) is 5.35. The second-order valence-corrected chi connectivity index (χ2v) is 11.2. The van der Waals surface area contributed by atoms with Gasteiger partial charge >= 0.3 is 0 Å². The van der Waals surface area contributed by atoms with E-state index in [0.29, 0.717) is 16.7 Å². The molecule has 6 rings (SSSR count). The largest absolute Gasteiger partial charge is 0.507 e. The van der Waals surface area contributed by atoms with Crippen molar-refractivity contribution in [3.8, 4) is 5.75 Å². The number of nitrogens with zero attached hydrogens (tertiary/aromatic N) is 2. The second-order valence-electron chi connectivity index (χ2n) is 10.8. The number of phenols is 1. The molecule has 2 aromatic rings. The number of halogens is 2. The minimum absolute atomic E-state index is 0.0257. The van der Waals surface area contributed by atoms with Crippen LogP contribution in [0.4, 0.5) is 10.1 Å². The molecule has 196 valence electrons. The molecule has 2 saturated heterocycles. The first-order valence-corrected chi connectivity index (χ1v) is 12.7. The number of carbonyl (C=O) groups is 4. The molecule has 0 radical (unpaired) electrons. The molecular weight excluding hydrogens is 515 g/mol. The first-order chi connectivity index (χ1) is 18.0. The molecule has 0 aromatic heterocycles. The molecule has 0 spiro atoms. The molecule has 2 aliphatic heterocycles. The van der Waals surface area contributed by atoms with E-state index in [1.807, 2.05) is 6.08 Å². The number of anilines is 1. The number of hydrogen-bond donors (Lipinski definition) is 2. The van der Waals surface area contributed by atoms with Crippen LogP contribution in [0.3, 0.4) is 0 Å². The number of fused-ring (bicyclic) bond motifs is 4. The van der Waals surface area contributed by atoms with E-state index in [4.69, 9.17) is 11.6 Å². The summed E-state index contributed by atoms with van der Waals surface area (Å²) < 4.78 is 13.9. The Balaban J connectivity index is 1.56.